The minimum atomic E-state index is -1.80. The van der Waals surface area contributed by atoms with Crippen molar-refractivity contribution in [1.82, 2.24) is 31.5 Å². The van der Waals surface area contributed by atoms with Crippen LogP contribution in [0.4, 0.5) is 0 Å². The third kappa shape index (κ3) is 19.0. The number of carbonyl (C=O) groups is 7. The average Bonchev–Trinajstić information content (AvgIpc) is 3.39. The molecule has 4 bridgehead atoms. The lowest BCUT2D eigenvalue weighted by Gasteiger charge is -2.32. The maximum absolute atomic E-state index is 14.3. The van der Waals surface area contributed by atoms with Crippen molar-refractivity contribution < 1.29 is 52.5 Å². The fraction of sp³-hybridized carbons (Fsp3) is 0.545. The van der Waals surface area contributed by atoms with Crippen LogP contribution >= 0.6 is 0 Å². The lowest BCUT2D eigenvalue weighted by atomic mass is 9.93. The van der Waals surface area contributed by atoms with Crippen molar-refractivity contribution in [2.24, 2.45) is 11.5 Å². The van der Waals surface area contributed by atoms with E-state index in [-0.39, 0.29) is 43.9 Å². The molecule has 1 aliphatic heterocycles. The molecule has 0 radical (unpaired) electrons. The Kier molecular flexibility index (Phi) is 25.9. The second-order valence-electron chi connectivity index (χ2n) is 18.8. The Balaban J connectivity index is 1.44. The van der Waals surface area contributed by atoms with Gasteiger partial charge in [0.15, 0.2) is 12.3 Å². The van der Waals surface area contributed by atoms with Crippen LogP contribution < -0.4 is 47.5 Å². The Morgan fingerprint density at radius 2 is 1.28 bits per heavy atom. The number of nitrogens with zero attached hydrogens (tertiary/aromatic N) is 1. The number of benzene rings is 3. The van der Waals surface area contributed by atoms with E-state index in [1.807, 2.05) is 30.3 Å². The van der Waals surface area contributed by atoms with E-state index in [1.165, 1.54) is 93.1 Å². The molecule has 0 spiro atoms. The molecule has 19 nitrogen and oxygen atoms in total. The topological polar surface area (TPSA) is 272 Å². The van der Waals surface area contributed by atoms with Gasteiger partial charge in [-0.25, -0.2) is 4.79 Å². The van der Waals surface area contributed by atoms with Gasteiger partial charge in [-0.1, -0.05) is 126 Å². The molecule has 1 aliphatic rings. The minimum absolute atomic E-state index is 0.0375. The number of hydrogen-bond donors (Lipinski definition) is 7. The van der Waals surface area contributed by atoms with E-state index >= 15 is 0 Å². The van der Waals surface area contributed by atoms with Gasteiger partial charge in [0.1, 0.15) is 35.7 Å². The number of amides is 6. The Labute approximate surface area is 436 Å². The first-order valence-electron chi connectivity index (χ1n) is 26.0. The predicted octanol–water partition coefficient (Wildman–Crippen LogP) is 4.96. The number of hydrogen-bond acceptors (Lipinski definition) is 13. The van der Waals surface area contributed by atoms with Crippen molar-refractivity contribution in [1.29, 1.82) is 0 Å². The average molecular weight is 1030 g/mol. The highest BCUT2D eigenvalue weighted by molar-refractivity contribution is 5.97. The van der Waals surface area contributed by atoms with Gasteiger partial charge in [0.2, 0.25) is 23.6 Å². The molecule has 3 aromatic rings. The molecule has 0 fully saturated rings. The Hall–Kier alpha value is -6.57. The van der Waals surface area contributed by atoms with Gasteiger partial charge >= 0.3 is 5.97 Å². The fourth-order valence-electron chi connectivity index (χ4n) is 8.75. The van der Waals surface area contributed by atoms with Crippen molar-refractivity contribution in [3.63, 3.8) is 0 Å². The summed E-state index contributed by atoms with van der Waals surface area (Å²) in [5, 5.41) is 12.8. The third-order valence-electron chi connectivity index (χ3n) is 13.0. The Bertz CT molecular complexity index is 2300. The van der Waals surface area contributed by atoms with Gasteiger partial charge in [-0.3, -0.25) is 28.8 Å². The summed E-state index contributed by atoms with van der Waals surface area (Å²) in [6.45, 7) is 4.01. The zero-order chi connectivity index (χ0) is 54.0. The number of carbonyl (C=O) groups excluding carboxylic acids is 7. The molecule has 0 saturated heterocycles. The second kappa shape index (κ2) is 31.9. The van der Waals surface area contributed by atoms with Crippen LogP contribution in [0.1, 0.15) is 133 Å². The summed E-state index contributed by atoms with van der Waals surface area (Å²) >= 11 is 0. The van der Waals surface area contributed by atoms with Crippen molar-refractivity contribution in [2.75, 3.05) is 35.0 Å². The van der Waals surface area contributed by atoms with Crippen LogP contribution in [0.2, 0.25) is 0 Å². The monoisotopic (exact) mass is 1030 g/mol. The summed E-state index contributed by atoms with van der Waals surface area (Å²) in [6.07, 6.45) is 11.9. The van der Waals surface area contributed by atoms with E-state index in [1.54, 1.807) is 36.4 Å². The van der Waals surface area contributed by atoms with Gasteiger partial charge in [-0.15, -0.1) is 0 Å². The van der Waals surface area contributed by atoms with E-state index in [0.717, 1.165) is 29.7 Å². The van der Waals surface area contributed by atoms with Gasteiger partial charge in [-0.05, 0) is 60.7 Å². The number of rotatable bonds is 29. The Morgan fingerprint density at radius 1 is 0.703 bits per heavy atom. The van der Waals surface area contributed by atoms with E-state index in [2.05, 4.69) is 33.5 Å². The number of ether oxygens (including phenoxy) is 4. The zero-order valence-corrected chi connectivity index (χ0v) is 44.1. The molecule has 0 aliphatic carbocycles. The van der Waals surface area contributed by atoms with E-state index in [4.69, 9.17) is 30.4 Å². The maximum Gasteiger partial charge on any atom is 0.328 e. The van der Waals surface area contributed by atoms with Crippen LogP contribution in [0.5, 0.6) is 11.5 Å². The van der Waals surface area contributed by atoms with Crippen molar-refractivity contribution in [2.45, 2.75) is 160 Å². The third-order valence-corrected chi connectivity index (χ3v) is 13.0. The molecule has 0 saturated carbocycles. The summed E-state index contributed by atoms with van der Waals surface area (Å²) in [7, 11) is 5.42. The van der Waals surface area contributed by atoms with Gasteiger partial charge in [0.05, 0.1) is 27.9 Å². The molecule has 6 atom stereocenters. The van der Waals surface area contributed by atoms with E-state index < -0.39 is 72.0 Å². The summed E-state index contributed by atoms with van der Waals surface area (Å²) in [4.78, 5) is 96.2. The largest absolute Gasteiger partial charge is 0.496 e. The molecule has 6 amide bonds. The first kappa shape index (κ1) is 60.0. The molecule has 3 aromatic carbocycles. The minimum Gasteiger partial charge on any atom is -0.496 e. The number of likely N-dealkylation sites (N-methyl/N-ethyl adjacent to an activating group) is 1. The fourth-order valence-corrected chi connectivity index (χ4v) is 8.75. The van der Waals surface area contributed by atoms with Crippen molar-refractivity contribution in [3.8, 4) is 22.6 Å². The standard InChI is InChI=1S/C55H80N8O11/c1-7-8-9-10-11-12-13-14-15-16-17-18-22-25-46(64)59-42(30-31-74-35-37-23-20-19-21-24-37)51(66)61-48(56)53(68)62-49(57)54(69)63(3)47-39-27-29-45(72-5)41(34-39)40-32-38(26-28-44(40)71-4)33-43(55(70)73-6)60-50(65)36(2)58-52(47)67/h19-21,23-24,26-29,32,34,36,42-43,47-49H,7-18,22,25,30-31,33,35,56-57H2,1-6H3,(H,58,67)(H,59,64)(H,60,65)(H,61,66)(H,62,68)/t36-,42+,43-,47-,48-,49+/m0/s1. The molecule has 4 rings (SSSR count). The molecule has 0 unspecified atom stereocenters. The van der Waals surface area contributed by atoms with Gasteiger partial charge in [0, 0.05) is 37.6 Å². The zero-order valence-electron chi connectivity index (χ0n) is 44.1. The van der Waals surface area contributed by atoms with Gasteiger partial charge in [-0.2, -0.15) is 0 Å². The molecule has 74 heavy (non-hydrogen) atoms. The van der Waals surface area contributed by atoms with Gasteiger partial charge < -0.3 is 61.9 Å². The van der Waals surface area contributed by atoms with Crippen LogP contribution in [0.25, 0.3) is 11.1 Å². The molecular formula is C55H80N8O11. The highest BCUT2D eigenvalue weighted by Gasteiger charge is 2.36. The molecule has 0 aromatic heterocycles. The normalized spacial score (nSPS) is 16.7. The van der Waals surface area contributed by atoms with Crippen LogP contribution in [0, 0.1) is 0 Å². The SMILES string of the molecule is CCCCCCCCCCCCCCCC(=O)N[C@H](CCOCc1ccccc1)C(=O)N[C@H](N)C(=O)N[C@@H](N)C(=O)N(C)[C@@H]1C(=O)N[C@@H](C)C(=O)N[C@H](C(=O)OC)Cc2ccc(OC)c(c2)-c2cc1ccc2OC. The van der Waals surface area contributed by atoms with Crippen LogP contribution in [-0.2, 0) is 56.1 Å². The quantitative estimate of drug-likeness (QED) is 0.0276. The Morgan fingerprint density at radius 3 is 1.89 bits per heavy atom. The first-order valence-corrected chi connectivity index (χ1v) is 26.0. The number of unbranched alkanes of at least 4 members (excludes halogenated alkanes) is 12. The number of nitrogens with two attached hydrogens (primary N) is 2. The van der Waals surface area contributed by atoms with Crippen LogP contribution in [0.3, 0.4) is 0 Å². The predicted molar refractivity (Wildman–Crippen MR) is 281 cm³/mol. The number of nitrogens with one attached hydrogen (secondary N) is 5. The first-order chi connectivity index (χ1) is 35.6. The summed E-state index contributed by atoms with van der Waals surface area (Å²) in [5.74, 6) is -4.52. The summed E-state index contributed by atoms with van der Waals surface area (Å²) in [6, 6.07) is 14.5. The lowest BCUT2D eigenvalue weighted by Crippen LogP contribution is -2.62. The molecule has 19 heteroatoms. The lowest BCUT2D eigenvalue weighted by molar-refractivity contribution is -0.145. The maximum atomic E-state index is 14.3. The van der Waals surface area contributed by atoms with E-state index in [0.29, 0.717) is 34.6 Å². The molecular weight excluding hydrogens is 949 g/mol. The molecule has 9 N–H and O–H groups in total. The van der Waals surface area contributed by atoms with Crippen LogP contribution in [0.15, 0.2) is 66.7 Å². The summed E-state index contributed by atoms with van der Waals surface area (Å²) < 4.78 is 22.2. The highest BCUT2D eigenvalue weighted by atomic mass is 16.5. The number of esters is 1. The van der Waals surface area contributed by atoms with Gasteiger partial charge in [0.25, 0.3) is 11.8 Å². The molecule has 406 valence electrons. The summed E-state index contributed by atoms with van der Waals surface area (Å²) in [5.41, 5.74) is 15.3. The van der Waals surface area contributed by atoms with Crippen molar-refractivity contribution in [3.05, 3.63) is 83.4 Å². The van der Waals surface area contributed by atoms with Crippen molar-refractivity contribution >= 4 is 41.4 Å². The molecule has 1 heterocycles. The second-order valence-corrected chi connectivity index (χ2v) is 18.8. The van der Waals surface area contributed by atoms with Crippen LogP contribution in [-0.4, -0.2) is 112 Å². The smallest absolute Gasteiger partial charge is 0.328 e. The highest BCUT2D eigenvalue weighted by Crippen LogP contribution is 2.40. The number of fused-ring (bicyclic) bond motifs is 5. The number of methoxy groups -OCH3 is 3. The van der Waals surface area contributed by atoms with E-state index in [9.17, 15) is 33.6 Å².